The van der Waals surface area contributed by atoms with Crippen LogP contribution in [0.3, 0.4) is 0 Å². The molecule has 0 saturated heterocycles. The molecule has 6 nitrogen and oxygen atoms in total. The number of aliphatic hydroxyl groups is 1. The standard InChI is InChI=1S/C26H29N3O2.C4H7Cl.C2H2.CH4O/c1-2-3-6-15-27-19-23-9-4-5-10-24(23)29(25(30)20-27)18-21-11-13-22(14-12-21)26(31)28-16-7-8-17-28;1-3-4(2)5;2*1-2/h2-5,7-14H,6,15-20H2,1H3;3H,1-2H3;1-2H;2H,1H3/b3-2-;4-3+;;. The fourth-order valence-corrected chi connectivity index (χ4v) is 4.13. The molecule has 7 heteroatoms. The van der Waals surface area contributed by atoms with Crippen LogP contribution in [0.5, 0.6) is 0 Å². The van der Waals surface area contributed by atoms with Crippen molar-refractivity contribution in [3.8, 4) is 12.8 Å². The van der Waals surface area contributed by atoms with Gasteiger partial charge in [0.1, 0.15) is 0 Å². The number of terminal acetylenes is 1. The first-order valence-electron chi connectivity index (χ1n) is 13.2. The van der Waals surface area contributed by atoms with Gasteiger partial charge in [0.2, 0.25) is 5.91 Å². The summed E-state index contributed by atoms with van der Waals surface area (Å²) in [4.78, 5) is 31.6. The number of rotatable bonds is 6. The smallest absolute Gasteiger partial charge is 0.254 e. The highest BCUT2D eigenvalue weighted by molar-refractivity contribution is 6.29. The first-order chi connectivity index (χ1) is 19.4. The lowest BCUT2D eigenvalue weighted by Gasteiger charge is -2.23. The lowest BCUT2D eigenvalue weighted by atomic mass is 10.1. The number of benzene rings is 2. The van der Waals surface area contributed by atoms with Crippen molar-refractivity contribution in [1.82, 2.24) is 9.80 Å². The van der Waals surface area contributed by atoms with Gasteiger partial charge in [-0.25, -0.2) is 0 Å². The number of fused-ring (bicyclic) bond motifs is 1. The Kier molecular flexibility index (Phi) is 16.7. The van der Waals surface area contributed by atoms with Crippen molar-refractivity contribution in [1.29, 1.82) is 0 Å². The van der Waals surface area contributed by atoms with Crippen molar-refractivity contribution in [3.05, 3.63) is 101 Å². The van der Waals surface area contributed by atoms with Crippen LogP contribution in [0.2, 0.25) is 0 Å². The Hall–Kier alpha value is -3.63. The molecule has 0 aliphatic carbocycles. The van der Waals surface area contributed by atoms with Gasteiger partial charge in [0.05, 0.1) is 13.1 Å². The number of carbonyl (C=O) groups excluding carboxylic acids is 2. The number of carbonyl (C=O) groups is 2. The second kappa shape index (κ2) is 19.4. The average molecular weight is 564 g/mol. The van der Waals surface area contributed by atoms with Crippen LogP contribution in [-0.4, -0.2) is 60.0 Å². The minimum absolute atomic E-state index is 0.0458. The number of para-hydroxylation sites is 1. The highest BCUT2D eigenvalue weighted by Crippen LogP contribution is 2.27. The van der Waals surface area contributed by atoms with E-state index in [0.29, 0.717) is 31.7 Å². The Morgan fingerprint density at radius 2 is 1.60 bits per heavy atom. The van der Waals surface area contributed by atoms with Gasteiger partial charge in [-0.05, 0) is 56.5 Å². The number of allylic oxidation sites excluding steroid dienone is 3. The molecule has 0 saturated carbocycles. The summed E-state index contributed by atoms with van der Waals surface area (Å²) >= 11 is 5.32. The maximum atomic E-state index is 13.2. The van der Waals surface area contributed by atoms with E-state index in [4.69, 9.17) is 16.7 Å². The van der Waals surface area contributed by atoms with Crippen LogP contribution < -0.4 is 4.90 Å². The summed E-state index contributed by atoms with van der Waals surface area (Å²) in [5.41, 5.74) is 3.85. The van der Waals surface area contributed by atoms with E-state index in [0.717, 1.165) is 42.9 Å². The van der Waals surface area contributed by atoms with Crippen LogP contribution in [0.4, 0.5) is 5.69 Å². The summed E-state index contributed by atoms with van der Waals surface area (Å²) in [5.74, 6) is 0.151. The molecule has 0 aromatic heterocycles. The Labute approximate surface area is 245 Å². The molecule has 0 atom stereocenters. The third-order valence-electron chi connectivity index (χ3n) is 6.23. The number of amides is 2. The fraction of sp³-hybridized carbons (Fsp3) is 0.333. The molecular weight excluding hydrogens is 522 g/mol. The van der Waals surface area contributed by atoms with Crippen LogP contribution in [-0.2, 0) is 17.9 Å². The van der Waals surface area contributed by atoms with Crippen LogP contribution in [0.25, 0.3) is 0 Å². The van der Waals surface area contributed by atoms with E-state index in [1.807, 2.05) is 91.3 Å². The first-order valence-corrected chi connectivity index (χ1v) is 13.6. The van der Waals surface area contributed by atoms with E-state index in [9.17, 15) is 9.59 Å². The predicted octanol–water partition coefficient (Wildman–Crippen LogP) is 6.02. The summed E-state index contributed by atoms with van der Waals surface area (Å²) in [7, 11) is 1.00. The van der Waals surface area contributed by atoms with E-state index in [2.05, 4.69) is 36.0 Å². The molecule has 2 aromatic carbocycles. The molecule has 0 unspecified atom stereocenters. The number of nitrogens with zero attached hydrogens (tertiary/aromatic N) is 3. The second-order valence-electron chi connectivity index (χ2n) is 8.93. The zero-order valence-electron chi connectivity index (χ0n) is 24.1. The molecule has 2 aliphatic rings. The van der Waals surface area contributed by atoms with Crippen LogP contribution >= 0.6 is 11.6 Å². The summed E-state index contributed by atoms with van der Waals surface area (Å²) in [6.07, 6.45) is 19.0. The third kappa shape index (κ3) is 10.9. The summed E-state index contributed by atoms with van der Waals surface area (Å²) < 4.78 is 0. The van der Waals surface area contributed by atoms with Crippen molar-refractivity contribution in [2.75, 3.05) is 38.2 Å². The highest BCUT2D eigenvalue weighted by Gasteiger charge is 2.26. The molecule has 1 N–H and O–H groups in total. The molecule has 0 bridgehead atoms. The number of hydrogen-bond acceptors (Lipinski definition) is 4. The van der Waals surface area contributed by atoms with Gasteiger partial charge in [-0.15, -0.1) is 12.8 Å². The second-order valence-corrected chi connectivity index (χ2v) is 9.53. The molecule has 0 fully saturated rings. The summed E-state index contributed by atoms with van der Waals surface area (Å²) in [5, 5.41) is 7.85. The van der Waals surface area contributed by atoms with Crippen LogP contribution in [0, 0.1) is 12.8 Å². The van der Waals surface area contributed by atoms with Crippen molar-refractivity contribution in [2.45, 2.75) is 40.3 Å². The van der Waals surface area contributed by atoms with Crippen molar-refractivity contribution in [3.63, 3.8) is 0 Å². The number of hydrogen-bond donors (Lipinski definition) is 1. The Morgan fingerprint density at radius 3 is 2.17 bits per heavy atom. The molecule has 0 spiro atoms. The SMILES string of the molecule is C#C.C/C=C(\C)Cl.C/C=C\CCN1CC(=O)N(Cc2ccc(C(=O)N3CC=CC3)cc2)c2ccccc2C1.CO. The van der Waals surface area contributed by atoms with Gasteiger partial charge in [-0.1, -0.05) is 72.3 Å². The predicted molar refractivity (Wildman–Crippen MR) is 167 cm³/mol. The number of aliphatic hydroxyl groups excluding tert-OH is 1. The maximum absolute atomic E-state index is 13.2. The Morgan fingerprint density at radius 1 is 1.00 bits per heavy atom. The topological polar surface area (TPSA) is 64.1 Å². The summed E-state index contributed by atoms with van der Waals surface area (Å²) in [6, 6.07) is 15.8. The molecule has 214 valence electrons. The lowest BCUT2D eigenvalue weighted by Crippen LogP contribution is -2.37. The molecule has 2 aliphatic heterocycles. The molecule has 2 aromatic rings. The molecule has 40 heavy (non-hydrogen) atoms. The van der Waals surface area contributed by atoms with E-state index >= 15 is 0 Å². The lowest BCUT2D eigenvalue weighted by molar-refractivity contribution is -0.119. The minimum atomic E-state index is 0.0458. The van der Waals surface area contributed by atoms with Gasteiger partial charge >= 0.3 is 0 Å². The zero-order chi connectivity index (χ0) is 29.9. The van der Waals surface area contributed by atoms with E-state index in [1.165, 1.54) is 5.56 Å². The van der Waals surface area contributed by atoms with Crippen molar-refractivity contribution < 1.29 is 14.7 Å². The van der Waals surface area contributed by atoms with E-state index in [1.54, 1.807) is 0 Å². The number of anilines is 1. The van der Waals surface area contributed by atoms with Crippen LogP contribution in [0.15, 0.2) is 83.9 Å². The monoisotopic (exact) mass is 563 g/mol. The molecular formula is C33H42ClN3O3. The molecule has 2 amide bonds. The average Bonchev–Trinajstić information content (AvgIpc) is 3.50. The number of halogens is 1. The van der Waals surface area contributed by atoms with Gasteiger partial charge in [-0.3, -0.25) is 14.5 Å². The van der Waals surface area contributed by atoms with Gasteiger partial charge < -0.3 is 14.9 Å². The quantitative estimate of drug-likeness (QED) is 0.345. The normalized spacial score (nSPS) is 14.7. The van der Waals surface area contributed by atoms with Gasteiger partial charge in [0.15, 0.2) is 0 Å². The van der Waals surface area contributed by atoms with Gasteiger partial charge in [-0.2, -0.15) is 0 Å². The molecule has 4 rings (SSSR count). The fourth-order valence-electron chi connectivity index (χ4n) is 4.13. The zero-order valence-corrected chi connectivity index (χ0v) is 24.8. The maximum Gasteiger partial charge on any atom is 0.254 e. The molecule has 2 heterocycles. The van der Waals surface area contributed by atoms with E-state index < -0.39 is 0 Å². The largest absolute Gasteiger partial charge is 0.400 e. The summed E-state index contributed by atoms with van der Waals surface area (Å²) in [6.45, 7) is 9.65. The Bertz CT molecular complexity index is 1160. The van der Waals surface area contributed by atoms with Crippen molar-refractivity contribution >= 4 is 29.1 Å². The van der Waals surface area contributed by atoms with Crippen LogP contribution in [0.1, 0.15) is 48.7 Å². The third-order valence-corrected chi connectivity index (χ3v) is 6.45. The minimum Gasteiger partial charge on any atom is -0.400 e. The molecule has 0 radical (unpaired) electrons. The Balaban J connectivity index is 0.000000789. The van der Waals surface area contributed by atoms with Gasteiger partial charge in [0.25, 0.3) is 5.91 Å². The van der Waals surface area contributed by atoms with Gasteiger partial charge in [0, 0.05) is 49.6 Å². The van der Waals surface area contributed by atoms with E-state index in [-0.39, 0.29) is 11.8 Å². The first kappa shape index (κ1) is 34.4. The highest BCUT2D eigenvalue weighted by atomic mass is 35.5. The van der Waals surface area contributed by atoms with Crippen molar-refractivity contribution in [2.24, 2.45) is 0 Å².